The number of rotatable bonds is 4. The van der Waals surface area contributed by atoms with E-state index in [2.05, 4.69) is 27.2 Å². The molecule has 0 spiro atoms. The van der Waals surface area contributed by atoms with Gasteiger partial charge in [0.15, 0.2) is 5.76 Å². The molecule has 1 atom stereocenters. The number of hydrogen-bond acceptors (Lipinski definition) is 6. The molecule has 1 aliphatic heterocycles. The standard InChI is InChI=1S/C17H17N3O3/c1-2-5-13(6-3-1)15-11-20(8-10-22-15)12-16-18-17(19-23-16)14-7-4-9-21-14/h1-7,9,15H,8,10-12H2/t15-/m0/s1. The molecule has 3 heterocycles. The van der Waals surface area contributed by atoms with Crippen LogP contribution in [-0.2, 0) is 11.3 Å². The maximum atomic E-state index is 5.87. The van der Waals surface area contributed by atoms with E-state index in [-0.39, 0.29) is 6.10 Å². The van der Waals surface area contributed by atoms with E-state index >= 15 is 0 Å². The molecule has 0 radical (unpaired) electrons. The molecule has 0 bridgehead atoms. The van der Waals surface area contributed by atoms with Gasteiger partial charge in [-0.3, -0.25) is 4.90 Å². The summed E-state index contributed by atoms with van der Waals surface area (Å²) in [6.45, 7) is 2.96. The summed E-state index contributed by atoms with van der Waals surface area (Å²) in [5.41, 5.74) is 1.19. The summed E-state index contributed by atoms with van der Waals surface area (Å²) in [7, 11) is 0. The summed E-state index contributed by atoms with van der Waals surface area (Å²) < 4.78 is 16.5. The quantitative estimate of drug-likeness (QED) is 0.738. The molecule has 0 amide bonds. The molecule has 0 aliphatic carbocycles. The Balaban J connectivity index is 1.43. The average Bonchev–Trinajstić information content (AvgIpc) is 3.27. The second-order valence-corrected chi connectivity index (χ2v) is 5.49. The fraction of sp³-hybridized carbons (Fsp3) is 0.294. The van der Waals surface area contributed by atoms with E-state index in [9.17, 15) is 0 Å². The predicted molar refractivity (Wildman–Crippen MR) is 82.4 cm³/mol. The van der Waals surface area contributed by atoms with Crippen molar-refractivity contribution in [3.8, 4) is 11.6 Å². The summed E-state index contributed by atoms with van der Waals surface area (Å²) in [5.74, 6) is 1.69. The molecule has 4 rings (SSSR count). The van der Waals surface area contributed by atoms with Gasteiger partial charge in [-0.15, -0.1) is 0 Å². The summed E-state index contributed by atoms with van der Waals surface area (Å²) >= 11 is 0. The Morgan fingerprint density at radius 2 is 2.04 bits per heavy atom. The molecule has 1 aromatic carbocycles. The van der Waals surface area contributed by atoms with Crippen LogP contribution in [0, 0.1) is 0 Å². The van der Waals surface area contributed by atoms with Gasteiger partial charge < -0.3 is 13.7 Å². The van der Waals surface area contributed by atoms with Crippen molar-refractivity contribution in [2.45, 2.75) is 12.6 Å². The molecule has 6 heteroatoms. The molecule has 0 N–H and O–H groups in total. The normalized spacial score (nSPS) is 19.0. The first-order chi connectivity index (χ1) is 11.4. The highest BCUT2D eigenvalue weighted by Gasteiger charge is 2.23. The van der Waals surface area contributed by atoms with E-state index in [1.165, 1.54) is 5.56 Å². The van der Waals surface area contributed by atoms with Gasteiger partial charge in [-0.05, 0) is 17.7 Å². The van der Waals surface area contributed by atoms with E-state index in [0.29, 0.717) is 30.6 Å². The van der Waals surface area contributed by atoms with E-state index in [4.69, 9.17) is 13.7 Å². The van der Waals surface area contributed by atoms with Crippen LogP contribution in [0.1, 0.15) is 17.6 Å². The van der Waals surface area contributed by atoms with Crippen LogP contribution in [0.5, 0.6) is 0 Å². The van der Waals surface area contributed by atoms with Crippen LogP contribution in [0.4, 0.5) is 0 Å². The fourth-order valence-corrected chi connectivity index (χ4v) is 2.73. The van der Waals surface area contributed by atoms with Gasteiger partial charge in [-0.1, -0.05) is 35.5 Å². The summed E-state index contributed by atoms with van der Waals surface area (Å²) in [6, 6.07) is 13.9. The molecule has 0 saturated carbocycles. The van der Waals surface area contributed by atoms with Crippen molar-refractivity contribution >= 4 is 0 Å². The fourth-order valence-electron chi connectivity index (χ4n) is 2.73. The molecule has 23 heavy (non-hydrogen) atoms. The van der Waals surface area contributed by atoms with E-state index < -0.39 is 0 Å². The maximum absolute atomic E-state index is 5.87. The number of morpholine rings is 1. The molecule has 1 aliphatic rings. The minimum atomic E-state index is 0.0809. The van der Waals surface area contributed by atoms with Crippen LogP contribution in [-0.4, -0.2) is 34.7 Å². The first-order valence-corrected chi connectivity index (χ1v) is 7.64. The molecule has 1 saturated heterocycles. The van der Waals surface area contributed by atoms with Crippen molar-refractivity contribution in [2.75, 3.05) is 19.7 Å². The smallest absolute Gasteiger partial charge is 0.241 e. The van der Waals surface area contributed by atoms with Crippen molar-refractivity contribution in [2.24, 2.45) is 0 Å². The first kappa shape index (κ1) is 14.2. The third kappa shape index (κ3) is 3.18. The third-order valence-corrected chi connectivity index (χ3v) is 3.89. The lowest BCUT2D eigenvalue weighted by molar-refractivity contribution is -0.0355. The van der Waals surface area contributed by atoms with Gasteiger partial charge >= 0.3 is 0 Å². The van der Waals surface area contributed by atoms with Crippen molar-refractivity contribution in [3.63, 3.8) is 0 Å². The highest BCUT2D eigenvalue weighted by molar-refractivity contribution is 5.44. The monoisotopic (exact) mass is 311 g/mol. The molecular formula is C17H17N3O3. The lowest BCUT2D eigenvalue weighted by atomic mass is 10.1. The van der Waals surface area contributed by atoms with Crippen LogP contribution >= 0.6 is 0 Å². The van der Waals surface area contributed by atoms with Gasteiger partial charge in [0.1, 0.15) is 0 Å². The van der Waals surface area contributed by atoms with Gasteiger partial charge in [0.2, 0.25) is 11.7 Å². The minimum Gasteiger partial charge on any atom is -0.461 e. The number of furan rings is 1. The number of ether oxygens (including phenoxy) is 1. The third-order valence-electron chi connectivity index (χ3n) is 3.89. The Labute approximate surface area is 133 Å². The summed E-state index contributed by atoms with van der Waals surface area (Å²) in [6.07, 6.45) is 1.68. The zero-order valence-electron chi connectivity index (χ0n) is 12.6. The second-order valence-electron chi connectivity index (χ2n) is 5.49. The second kappa shape index (κ2) is 6.36. The molecule has 118 valence electrons. The summed E-state index contributed by atoms with van der Waals surface area (Å²) in [5, 5.41) is 3.96. The SMILES string of the molecule is c1ccc([C@@H]2CN(Cc3nc(-c4ccco4)no3)CCO2)cc1. The molecule has 2 aromatic heterocycles. The Morgan fingerprint density at radius 1 is 1.13 bits per heavy atom. The van der Waals surface area contributed by atoms with Crippen LogP contribution in [0.15, 0.2) is 57.7 Å². The van der Waals surface area contributed by atoms with Gasteiger partial charge in [0, 0.05) is 13.1 Å². The number of benzene rings is 1. The lowest BCUT2D eigenvalue weighted by Gasteiger charge is -2.32. The number of nitrogens with zero attached hydrogens (tertiary/aromatic N) is 3. The van der Waals surface area contributed by atoms with Crippen molar-refractivity contribution < 1.29 is 13.7 Å². The van der Waals surface area contributed by atoms with Gasteiger partial charge in [-0.25, -0.2) is 0 Å². The number of hydrogen-bond donors (Lipinski definition) is 0. The number of aromatic nitrogens is 2. The van der Waals surface area contributed by atoms with E-state index in [1.54, 1.807) is 12.3 Å². The van der Waals surface area contributed by atoms with Gasteiger partial charge in [0.25, 0.3) is 0 Å². The van der Waals surface area contributed by atoms with E-state index in [0.717, 1.165) is 13.1 Å². The highest BCUT2D eigenvalue weighted by atomic mass is 16.5. The van der Waals surface area contributed by atoms with Crippen molar-refractivity contribution in [3.05, 3.63) is 60.2 Å². The zero-order chi connectivity index (χ0) is 15.5. The van der Waals surface area contributed by atoms with E-state index in [1.807, 2.05) is 24.3 Å². The zero-order valence-corrected chi connectivity index (χ0v) is 12.6. The minimum absolute atomic E-state index is 0.0809. The lowest BCUT2D eigenvalue weighted by Crippen LogP contribution is -2.37. The van der Waals surface area contributed by atoms with Crippen LogP contribution in [0.2, 0.25) is 0 Å². The van der Waals surface area contributed by atoms with Crippen molar-refractivity contribution in [1.82, 2.24) is 15.0 Å². The Hall–Kier alpha value is -2.44. The van der Waals surface area contributed by atoms with Gasteiger partial charge in [0.05, 0.1) is 25.5 Å². The highest BCUT2D eigenvalue weighted by Crippen LogP contribution is 2.23. The van der Waals surface area contributed by atoms with Crippen molar-refractivity contribution in [1.29, 1.82) is 0 Å². The Morgan fingerprint density at radius 3 is 2.87 bits per heavy atom. The van der Waals surface area contributed by atoms with Crippen LogP contribution < -0.4 is 0 Å². The Kier molecular flexibility index (Phi) is 3.92. The molecule has 1 fully saturated rings. The summed E-state index contributed by atoms with van der Waals surface area (Å²) in [4.78, 5) is 6.66. The van der Waals surface area contributed by atoms with Gasteiger partial charge in [-0.2, -0.15) is 4.98 Å². The largest absolute Gasteiger partial charge is 0.461 e. The van der Waals surface area contributed by atoms with Crippen LogP contribution in [0.25, 0.3) is 11.6 Å². The molecular weight excluding hydrogens is 294 g/mol. The predicted octanol–water partition coefficient (Wildman–Crippen LogP) is 2.90. The average molecular weight is 311 g/mol. The molecule has 3 aromatic rings. The maximum Gasteiger partial charge on any atom is 0.241 e. The Bertz CT molecular complexity index is 740. The molecule has 0 unspecified atom stereocenters. The molecule has 6 nitrogen and oxygen atoms in total. The first-order valence-electron chi connectivity index (χ1n) is 7.64. The van der Waals surface area contributed by atoms with Crippen LogP contribution in [0.3, 0.4) is 0 Å². The topological polar surface area (TPSA) is 64.5 Å².